The fourth-order valence-corrected chi connectivity index (χ4v) is 4.11. The van der Waals surface area contributed by atoms with Gasteiger partial charge in [0.05, 0.1) is 32.2 Å². The molecule has 0 aliphatic rings. The molecule has 0 aliphatic carbocycles. The highest BCUT2D eigenvalue weighted by Crippen LogP contribution is 2.32. The summed E-state index contributed by atoms with van der Waals surface area (Å²) in [6.07, 6.45) is 0. The van der Waals surface area contributed by atoms with Crippen molar-refractivity contribution in [3.63, 3.8) is 0 Å². The van der Waals surface area contributed by atoms with Gasteiger partial charge in [0, 0.05) is 11.1 Å². The second kappa shape index (κ2) is 8.95. The van der Waals surface area contributed by atoms with Crippen LogP contribution in [0.1, 0.15) is 29.8 Å². The molecule has 1 amide bonds. The van der Waals surface area contributed by atoms with Crippen LogP contribution in [-0.4, -0.2) is 36.6 Å². The smallest absolute Gasteiger partial charge is 0.258 e. The van der Waals surface area contributed by atoms with Gasteiger partial charge in [-0.2, -0.15) is 0 Å². The van der Waals surface area contributed by atoms with E-state index in [2.05, 4.69) is 37.1 Å². The summed E-state index contributed by atoms with van der Waals surface area (Å²) < 4.78 is 14.4. The highest BCUT2D eigenvalue weighted by molar-refractivity contribution is 6.36. The number of benzene rings is 3. The van der Waals surface area contributed by atoms with Crippen molar-refractivity contribution in [2.75, 3.05) is 5.32 Å². The number of aliphatic hydroxyl groups is 1. The van der Waals surface area contributed by atoms with E-state index in [0.717, 1.165) is 0 Å². The Kier molecular flexibility index (Phi) is 5.92. The van der Waals surface area contributed by atoms with Gasteiger partial charge in [0.2, 0.25) is 5.95 Å². The first-order valence-electron chi connectivity index (χ1n) is 10.8. The number of aromatic amines is 2. The van der Waals surface area contributed by atoms with Crippen LogP contribution in [0.2, 0.25) is 10.0 Å². The van der Waals surface area contributed by atoms with Crippen molar-refractivity contribution in [1.29, 1.82) is 0 Å². The number of fused-ring (bicyclic) bond motifs is 2. The Morgan fingerprint density at radius 2 is 1.86 bits per heavy atom. The Labute approximate surface area is 214 Å². The van der Waals surface area contributed by atoms with Gasteiger partial charge in [0.25, 0.3) is 5.91 Å². The van der Waals surface area contributed by atoms with Crippen molar-refractivity contribution < 1.29 is 14.3 Å². The number of imidazole rings is 2. The van der Waals surface area contributed by atoms with Crippen molar-refractivity contribution in [3.8, 4) is 23.2 Å². The van der Waals surface area contributed by atoms with Crippen LogP contribution < -0.4 is 5.32 Å². The number of hydrogen-bond donors (Lipinski definition) is 4. The van der Waals surface area contributed by atoms with Crippen molar-refractivity contribution >= 4 is 57.1 Å². The predicted octanol–water partition coefficient (Wildman–Crippen LogP) is 5.93. The molecule has 36 heavy (non-hydrogen) atoms. The van der Waals surface area contributed by atoms with E-state index in [1.54, 1.807) is 44.2 Å². The lowest BCUT2D eigenvalue weighted by Crippen LogP contribution is -2.14. The van der Waals surface area contributed by atoms with E-state index in [9.17, 15) is 14.3 Å². The van der Waals surface area contributed by atoms with E-state index in [0.29, 0.717) is 27.6 Å². The number of anilines is 1. The first-order chi connectivity index (χ1) is 17.1. The molecule has 180 valence electrons. The summed E-state index contributed by atoms with van der Waals surface area (Å²) >= 11 is 12.5. The molecular formula is C26H18Cl2FN5O2. The van der Waals surface area contributed by atoms with Gasteiger partial charge in [-0.25, -0.2) is 14.4 Å². The van der Waals surface area contributed by atoms with Gasteiger partial charge in [-0.3, -0.25) is 10.1 Å². The van der Waals surface area contributed by atoms with Crippen LogP contribution in [0.15, 0.2) is 48.5 Å². The zero-order valence-corrected chi connectivity index (χ0v) is 20.5. The number of rotatable bonds is 3. The summed E-state index contributed by atoms with van der Waals surface area (Å²) in [6.45, 7) is 3.20. The first kappa shape index (κ1) is 23.8. The lowest BCUT2D eigenvalue weighted by Gasteiger charge is -2.05. The molecule has 2 heterocycles. The van der Waals surface area contributed by atoms with Crippen molar-refractivity contribution in [1.82, 2.24) is 19.9 Å². The maximum atomic E-state index is 14.4. The highest BCUT2D eigenvalue weighted by atomic mass is 35.5. The number of carbonyl (C=O) groups excluding carboxylic acids is 1. The van der Waals surface area contributed by atoms with Crippen LogP contribution in [0.25, 0.3) is 33.5 Å². The number of nitrogens with zero attached hydrogens (tertiary/aromatic N) is 2. The molecule has 7 nitrogen and oxygen atoms in total. The number of hydrogen-bond acceptors (Lipinski definition) is 4. The normalized spacial score (nSPS) is 11.5. The third kappa shape index (κ3) is 4.77. The SMILES string of the molecule is CC(C)(O)C#Cc1ccc2nc(NC(=O)c3cc(Cl)c4nc(-c5c(F)cccc5Cl)[nH]c4c3)[nH]c2c1. The summed E-state index contributed by atoms with van der Waals surface area (Å²) in [5, 5.41) is 12.9. The molecule has 0 saturated heterocycles. The number of aromatic nitrogens is 4. The van der Waals surface area contributed by atoms with Crippen LogP contribution in [-0.2, 0) is 0 Å². The largest absolute Gasteiger partial charge is 0.378 e. The highest BCUT2D eigenvalue weighted by Gasteiger charge is 2.18. The Hall–Kier alpha value is -3.90. The molecule has 5 aromatic rings. The molecule has 5 rings (SSSR count). The summed E-state index contributed by atoms with van der Waals surface area (Å²) in [5.41, 5.74) is 2.07. The fourth-order valence-electron chi connectivity index (χ4n) is 3.60. The molecule has 0 unspecified atom stereocenters. The molecule has 0 aliphatic heterocycles. The summed E-state index contributed by atoms with van der Waals surface area (Å²) in [6, 6.07) is 12.7. The van der Waals surface area contributed by atoms with Gasteiger partial charge in [0.15, 0.2) is 0 Å². The second-order valence-corrected chi connectivity index (χ2v) is 9.43. The van der Waals surface area contributed by atoms with E-state index in [1.807, 2.05) is 0 Å². The predicted molar refractivity (Wildman–Crippen MR) is 139 cm³/mol. The minimum atomic E-state index is -1.11. The van der Waals surface area contributed by atoms with Crippen LogP contribution in [0.5, 0.6) is 0 Å². The number of amides is 1. The standard InChI is InChI=1S/C26H18Cl2FN5O2/c1-26(2,36)9-8-13-6-7-18-19(10-13)32-25(31-18)34-24(35)14-11-16(28)22-20(12-14)30-23(33-22)21-15(27)4-3-5-17(21)29/h3-7,10-12,36H,1-2H3,(H,30,33)(H2,31,32,34,35). The molecule has 4 N–H and O–H groups in total. The van der Waals surface area contributed by atoms with Crippen LogP contribution >= 0.6 is 23.2 Å². The summed E-state index contributed by atoms with van der Waals surface area (Å²) in [5.74, 6) is 5.11. The second-order valence-electron chi connectivity index (χ2n) is 8.62. The van der Waals surface area contributed by atoms with Crippen LogP contribution in [0, 0.1) is 17.7 Å². The van der Waals surface area contributed by atoms with Crippen molar-refractivity contribution in [2.45, 2.75) is 19.4 Å². The minimum Gasteiger partial charge on any atom is -0.378 e. The lowest BCUT2D eigenvalue weighted by molar-refractivity contribution is 0.102. The molecule has 0 atom stereocenters. The summed E-state index contributed by atoms with van der Waals surface area (Å²) in [4.78, 5) is 27.7. The lowest BCUT2D eigenvalue weighted by atomic mass is 10.1. The molecule has 3 aromatic carbocycles. The molecular weight excluding hydrogens is 504 g/mol. The Balaban J connectivity index is 1.43. The maximum Gasteiger partial charge on any atom is 0.258 e. The maximum absolute atomic E-state index is 14.4. The Morgan fingerprint density at radius 3 is 2.61 bits per heavy atom. The summed E-state index contributed by atoms with van der Waals surface area (Å²) in [7, 11) is 0. The van der Waals surface area contributed by atoms with E-state index in [1.165, 1.54) is 18.2 Å². The minimum absolute atomic E-state index is 0.117. The van der Waals surface area contributed by atoms with Gasteiger partial charge in [-0.1, -0.05) is 41.1 Å². The third-order valence-electron chi connectivity index (χ3n) is 5.23. The number of H-pyrrole nitrogens is 2. The molecule has 10 heteroatoms. The molecule has 0 radical (unpaired) electrons. The molecule has 0 bridgehead atoms. The third-order valence-corrected chi connectivity index (χ3v) is 5.83. The van der Waals surface area contributed by atoms with E-state index >= 15 is 0 Å². The van der Waals surface area contributed by atoms with Gasteiger partial charge >= 0.3 is 0 Å². The Bertz CT molecular complexity index is 1700. The van der Waals surface area contributed by atoms with Crippen LogP contribution in [0.3, 0.4) is 0 Å². The zero-order valence-electron chi connectivity index (χ0n) is 19.0. The average Bonchev–Trinajstić information content (AvgIpc) is 3.40. The van der Waals surface area contributed by atoms with E-state index < -0.39 is 17.3 Å². The molecule has 0 spiro atoms. The van der Waals surface area contributed by atoms with Gasteiger partial charge in [-0.05, 0) is 56.3 Å². The quantitative estimate of drug-likeness (QED) is 0.221. The molecule has 0 saturated carbocycles. The van der Waals surface area contributed by atoms with Crippen LogP contribution in [0.4, 0.5) is 10.3 Å². The van der Waals surface area contributed by atoms with Crippen molar-refractivity contribution in [3.05, 3.63) is 75.5 Å². The van der Waals surface area contributed by atoms with E-state index in [-0.39, 0.29) is 32.9 Å². The molecule has 2 aromatic heterocycles. The zero-order chi connectivity index (χ0) is 25.6. The number of carbonyl (C=O) groups is 1. The van der Waals surface area contributed by atoms with Gasteiger partial charge < -0.3 is 15.1 Å². The monoisotopic (exact) mass is 521 g/mol. The van der Waals surface area contributed by atoms with Gasteiger partial charge in [0.1, 0.15) is 22.8 Å². The van der Waals surface area contributed by atoms with E-state index in [4.69, 9.17) is 23.2 Å². The number of nitrogens with one attached hydrogen (secondary N) is 3. The Morgan fingerprint density at radius 1 is 1.06 bits per heavy atom. The fraction of sp³-hybridized carbons (Fsp3) is 0.115. The topological polar surface area (TPSA) is 107 Å². The molecule has 0 fully saturated rings. The van der Waals surface area contributed by atoms with Crippen molar-refractivity contribution in [2.24, 2.45) is 0 Å². The average molecular weight is 522 g/mol. The van der Waals surface area contributed by atoms with Gasteiger partial charge in [-0.15, -0.1) is 0 Å². The first-order valence-corrected chi connectivity index (χ1v) is 11.5. The number of halogens is 3.